The minimum Gasteiger partial charge on any atom is -0.493 e. The van der Waals surface area contributed by atoms with Crippen molar-refractivity contribution in [2.24, 2.45) is 4.99 Å². The summed E-state index contributed by atoms with van der Waals surface area (Å²) in [6.07, 6.45) is -3.54. The Balaban J connectivity index is 2.31. The summed E-state index contributed by atoms with van der Waals surface area (Å²) in [5.41, 5.74) is 1.07. The van der Waals surface area contributed by atoms with Crippen molar-refractivity contribution >= 4 is 5.96 Å². The van der Waals surface area contributed by atoms with Crippen LogP contribution in [0.15, 0.2) is 23.2 Å². The van der Waals surface area contributed by atoms with Gasteiger partial charge in [0, 0.05) is 26.6 Å². The Labute approximate surface area is 146 Å². The molecule has 1 rings (SSSR count). The van der Waals surface area contributed by atoms with Crippen LogP contribution in [0.2, 0.25) is 0 Å². The van der Waals surface area contributed by atoms with Gasteiger partial charge in [-0.3, -0.25) is 4.99 Å². The van der Waals surface area contributed by atoms with Gasteiger partial charge in [0.05, 0.1) is 14.2 Å². The third kappa shape index (κ3) is 8.51. The number of guanidine groups is 1. The fourth-order valence-electron chi connectivity index (χ4n) is 2.24. The summed E-state index contributed by atoms with van der Waals surface area (Å²) in [7, 11) is 4.80. The quantitative estimate of drug-likeness (QED) is 0.403. The fourth-order valence-corrected chi connectivity index (χ4v) is 2.24. The van der Waals surface area contributed by atoms with Crippen LogP contribution in [0.25, 0.3) is 0 Å². The highest BCUT2D eigenvalue weighted by Gasteiger charge is 2.25. The van der Waals surface area contributed by atoms with Gasteiger partial charge in [-0.15, -0.1) is 0 Å². The van der Waals surface area contributed by atoms with Crippen LogP contribution in [0.5, 0.6) is 11.5 Å². The predicted molar refractivity (Wildman–Crippen MR) is 92.5 cm³/mol. The van der Waals surface area contributed by atoms with Crippen molar-refractivity contribution < 1.29 is 22.6 Å². The molecule has 0 aliphatic carbocycles. The molecule has 0 atom stereocenters. The first-order chi connectivity index (χ1) is 11.9. The summed E-state index contributed by atoms with van der Waals surface area (Å²) < 4.78 is 46.7. The molecule has 142 valence electrons. The lowest BCUT2D eigenvalue weighted by atomic mass is 10.1. The van der Waals surface area contributed by atoms with E-state index in [1.54, 1.807) is 21.3 Å². The highest BCUT2D eigenvalue weighted by atomic mass is 19.4. The van der Waals surface area contributed by atoms with E-state index in [4.69, 9.17) is 9.47 Å². The van der Waals surface area contributed by atoms with Crippen LogP contribution in [0.4, 0.5) is 13.2 Å². The summed E-state index contributed by atoms with van der Waals surface area (Å²) in [5, 5.41) is 6.15. The first-order valence-electron chi connectivity index (χ1n) is 8.11. The Morgan fingerprint density at radius 2 is 1.72 bits per heavy atom. The average Bonchev–Trinajstić information content (AvgIpc) is 2.58. The van der Waals surface area contributed by atoms with Crippen LogP contribution in [0.1, 0.15) is 24.8 Å². The Morgan fingerprint density at radius 3 is 2.32 bits per heavy atom. The van der Waals surface area contributed by atoms with Crippen molar-refractivity contribution in [2.45, 2.75) is 31.9 Å². The smallest absolute Gasteiger partial charge is 0.389 e. The van der Waals surface area contributed by atoms with E-state index in [1.165, 1.54) is 0 Å². The maximum atomic E-state index is 12.1. The number of nitrogens with one attached hydrogen (secondary N) is 2. The van der Waals surface area contributed by atoms with Gasteiger partial charge in [0.25, 0.3) is 0 Å². The van der Waals surface area contributed by atoms with E-state index in [9.17, 15) is 13.2 Å². The van der Waals surface area contributed by atoms with Gasteiger partial charge < -0.3 is 20.1 Å². The largest absolute Gasteiger partial charge is 0.493 e. The van der Waals surface area contributed by atoms with Gasteiger partial charge in [0.1, 0.15) is 0 Å². The van der Waals surface area contributed by atoms with Gasteiger partial charge in [0.2, 0.25) is 0 Å². The second-order valence-electron chi connectivity index (χ2n) is 5.44. The molecular weight excluding hydrogens is 335 g/mol. The monoisotopic (exact) mass is 361 g/mol. The van der Waals surface area contributed by atoms with Gasteiger partial charge in [-0.25, -0.2) is 0 Å². The van der Waals surface area contributed by atoms with Crippen LogP contribution in [-0.2, 0) is 6.42 Å². The van der Waals surface area contributed by atoms with Crippen molar-refractivity contribution in [3.63, 3.8) is 0 Å². The molecule has 0 heterocycles. The lowest BCUT2D eigenvalue weighted by Gasteiger charge is -2.13. The molecule has 0 bridgehead atoms. The normalized spacial score (nSPS) is 12.0. The number of nitrogens with zero attached hydrogens (tertiary/aromatic N) is 1. The zero-order chi connectivity index (χ0) is 18.7. The minimum absolute atomic E-state index is 0.110. The van der Waals surface area contributed by atoms with E-state index in [1.807, 2.05) is 18.2 Å². The molecule has 5 nitrogen and oxygen atoms in total. The van der Waals surface area contributed by atoms with E-state index in [0.717, 1.165) is 12.0 Å². The van der Waals surface area contributed by atoms with Crippen molar-refractivity contribution in [1.82, 2.24) is 10.6 Å². The molecule has 0 amide bonds. The molecule has 0 unspecified atom stereocenters. The molecule has 2 N–H and O–H groups in total. The topological polar surface area (TPSA) is 54.9 Å². The van der Waals surface area contributed by atoms with Crippen LogP contribution in [0, 0.1) is 0 Å². The van der Waals surface area contributed by atoms with E-state index in [-0.39, 0.29) is 6.42 Å². The predicted octanol–water partition coefficient (Wildman–Crippen LogP) is 3.14. The zero-order valence-electron chi connectivity index (χ0n) is 14.9. The Hall–Kier alpha value is -2.12. The summed E-state index contributed by atoms with van der Waals surface area (Å²) >= 11 is 0. The van der Waals surface area contributed by atoms with E-state index in [2.05, 4.69) is 15.6 Å². The van der Waals surface area contributed by atoms with E-state index >= 15 is 0 Å². The van der Waals surface area contributed by atoms with Crippen molar-refractivity contribution in [2.75, 3.05) is 34.4 Å². The van der Waals surface area contributed by atoms with E-state index in [0.29, 0.717) is 37.0 Å². The number of halogens is 3. The zero-order valence-corrected chi connectivity index (χ0v) is 14.9. The second-order valence-corrected chi connectivity index (χ2v) is 5.44. The highest BCUT2D eigenvalue weighted by Crippen LogP contribution is 2.27. The molecule has 1 aromatic rings. The Kier molecular flexibility index (Phi) is 8.94. The maximum absolute atomic E-state index is 12.1. The van der Waals surface area contributed by atoms with Crippen molar-refractivity contribution in [3.8, 4) is 11.5 Å². The van der Waals surface area contributed by atoms with Crippen LogP contribution in [0.3, 0.4) is 0 Å². The van der Waals surface area contributed by atoms with Crippen LogP contribution < -0.4 is 20.1 Å². The Morgan fingerprint density at radius 1 is 1.04 bits per heavy atom. The molecule has 0 aromatic heterocycles. The summed E-state index contributed by atoms with van der Waals surface area (Å²) in [5.74, 6) is 1.93. The second kappa shape index (κ2) is 10.7. The number of benzene rings is 1. The lowest BCUT2D eigenvalue weighted by Crippen LogP contribution is -2.38. The molecule has 0 saturated carbocycles. The molecule has 1 aromatic carbocycles. The van der Waals surface area contributed by atoms with Gasteiger partial charge in [-0.2, -0.15) is 13.2 Å². The molecule has 0 radical (unpaired) electrons. The van der Waals surface area contributed by atoms with Gasteiger partial charge in [0.15, 0.2) is 17.5 Å². The molecule has 0 saturated heterocycles. The Bertz CT molecular complexity index is 548. The minimum atomic E-state index is -4.08. The van der Waals surface area contributed by atoms with Crippen molar-refractivity contribution in [1.29, 1.82) is 0 Å². The summed E-state index contributed by atoms with van der Waals surface area (Å²) in [4.78, 5) is 4.05. The molecule has 25 heavy (non-hydrogen) atoms. The number of methoxy groups -OCH3 is 2. The SMILES string of the molecule is CN=C(NCCCCC(F)(F)F)NCCc1ccc(OC)c(OC)c1. The number of unbranched alkanes of at least 4 members (excludes halogenated alkanes) is 1. The summed E-state index contributed by atoms with van der Waals surface area (Å²) in [6.45, 7) is 1.09. The van der Waals surface area contributed by atoms with E-state index < -0.39 is 12.6 Å². The van der Waals surface area contributed by atoms with Gasteiger partial charge in [-0.05, 0) is 37.0 Å². The molecule has 0 spiro atoms. The first-order valence-corrected chi connectivity index (χ1v) is 8.11. The number of alkyl halides is 3. The first kappa shape index (κ1) is 20.9. The van der Waals surface area contributed by atoms with Gasteiger partial charge >= 0.3 is 6.18 Å². The number of aliphatic imine (C=N–C) groups is 1. The number of hydrogen-bond donors (Lipinski definition) is 2. The van der Waals surface area contributed by atoms with Crippen LogP contribution >= 0.6 is 0 Å². The van der Waals surface area contributed by atoms with Crippen LogP contribution in [-0.4, -0.2) is 46.5 Å². The number of rotatable bonds is 9. The molecule has 0 fully saturated rings. The molecule has 8 heteroatoms. The number of ether oxygens (including phenoxy) is 2. The van der Waals surface area contributed by atoms with Gasteiger partial charge in [-0.1, -0.05) is 6.07 Å². The third-order valence-corrected chi connectivity index (χ3v) is 3.56. The lowest BCUT2D eigenvalue weighted by molar-refractivity contribution is -0.135. The molecular formula is C17H26F3N3O2. The number of hydrogen-bond acceptors (Lipinski definition) is 3. The highest BCUT2D eigenvalue weighted by molar-refractivity contribution is 5.79. The van der Waals surface area contributed by atoms with Crippen molar-refractivity contribution in [3.05, 3.63) is 23.8 Å². The average molecular weight is 361 g/mol. The molecule has 0 aliphatic heterocycles. The summed E-state index contributed by atoms with van der Waals surface area (Å²) in [6, 6.07) is 5.71. The standard InChI is InChI=1S/C17H26F3N3O2/c1-21-16(22-10-5-4-9-17(18,19)20)23-11-8-13-6-7-14(24-2)15(12-13)25-3/h6-7,12H,4-5,8-11H2,1-3H3,(H2,21,22,23). The fraction of sp³-hybridized carbons (Fsp3) is 0.588. The molecule has 0 aliphatic rings. The third-order valence-electron chi connectivity index (χ3n) is 3.56. The maximum Gasteiger partial charge on any atom is 0.389 e.